The third kappa shape index (κ3) is 3.09. The van der Waals surface area contributed by atoms with Crippen LogP contribution in [0.4, 0.5) is 10.5 Å². The van der Waals surface area contributed by atoms with E-state index in [-0.39, 0.29) is 6.03 Å². The molecular weight excluding hydrogens is 230 g/mol. The van der Waals surface area contributed by atoms with Crippen LogP contribution in [0.2, 0.25) is 0 Å². The second kappa shape index (κ2) is 5.50. The molecule has 2 aromatic rings. The van der Waals surface area contributed by atoms with Crippen molar-refractivity contribution in [3.63, 3.8) is 0 Å². The summed E-state index contributed by atoms with van der Waals surface area (Å²) in [5.41, 5.74) is 1.90. The number of anilines is 1. The minimum Gasteiger partial charge on any atom is -0.347 e. The molecule has 2 rings (SSSR count). The molecule has 1 heterocycles. The van der Waals surface area contributed by atoms with Crippen molar-refractivity contribution in [1.29, 1.82) is 5.26 Å². The molecule has 0 fully saturated rings. The molecule has 2 amide bonds. The van der Waals surface area contributed by atoms with E-state index in [2.05, 4.69) is 20.6 Å². The minimum absolute atomic E-state index is 0.334. The number of benzene rings is 1. The van der Waals surface area contributed by atoms with Gasteiger partial charge in [0.2, 0.25) is 0 Å². The molecule has 6 nitrogen and oxygen atoms in total. The van der Waals surface area contributed by atoms with E-state index in [0.29, 0.717) is 17.8 Å². The Kier molecular flexibility index (Phi) is 3.56. The summed E-state index contributed by atoms with van der Waals surface area (Å²) in [5.74, 6) is 0. The number of hydrogen-bond acceptors (Lipinski definition) is 3. The zero-order valence-corrected chi connectivity index (χ0v) is 9.47. The molecule has 1 aromatic heterocycles. The van der Waals surface area contributed by atoms with Crippen LogP contribution >= 0.6 is 0 Å². The van der Waals surface area contributed by atoms with Crippen LogP contribution in [-0.4, -0.2) is 16.0 Å². The Bertz CT molecular complexity index is 570. The smallest absolute Gasteiger partial charge is 0.319 e. The lowest BCUT2D eigenvalue weighted by Gasteiger charge is -2.06. The Morgan fingerprint density at radius 1 is 1.50 bits per heavy atom. The fourth-order valence-corrected chi connectivity index (χ4v) is 1.40. The Hall–Kier alpha value is -2.81. The summed E-state index contributed by atoms with van der Waals surface area (Å²) in [6.07, 6.45) is 3.18. The van der Waals surface area contributed by atoms with Crippen molar-refractivity contribution < 1.29 is 4.79 Å². The van der Waals surface area contributed by atoms with Crippen LogP contribution in [-0.2, 0) is 6.54 Å². The van der Waals surface area contributed by atoms with Gasteiger partial charge in [-0.3, -0.25) is 0 Å². The van der Waals surface area contributed by atoms with E-state index in [4.69, 9.17) is 5.26 Å². The third-order valence-corrected chi connectivity index (χ3v) is 2.24. The molecule has 0 aliphatic carbocycles. The van der Waals surface area contributed by atoms with Crippen molar-refractivity contribution in [2.24, 2.45) is 0 Å². The number of aromatic amines is 1. The number of H-pyrrole nitrogens is 1. The molecule has 0 aliphatic heterocycles. The van der Waals surface area contributed by atoms with E-state index < -0.39 is 0 Å². The van der Waals surface area contributed by atoms with Crippen LogP contribution in [0.5, 0.6) is 0 Å². The molecule has 1 aromatic carbocycles. The number of urea groups is 1. The van der Waals surface area contributed by atoms with E-state index in [0.717, 1.165) is 5.69 Å². The molecule has 0 unspecified atom stereocenters. The Morgan fingerprint density at radius 2 is 2.39 bits per heavy atom. The van der Waals surface area contributed by atoms with Gasteiger partial charge in [0.25, 0.3) is 0 Å². The molecule has 0 aliphatic rings. The number of aromatic nitrogens is 2. The Balaban J connectivity index is 1.89. The fraction of sp³-hybridized carbons (Fsp3) is 0.0833. The maximum Gasteiger partial charge on any atom is 0.319 e. The van der Waals surface area contributed by atoms with Gasteiger partial charge in [-0.2, -0.15) is 5.26 Å². The highest BCUT2D eigenvalue weighted by molar-refractivity contribution is 5.89. The number of amides is 2. The highest BCUT2D eigenvalue weighted by atomic mass is 16.2. The Labute approximate surface area is 104 Å². The third-order valence-electron chi connectivity index (χ3n) is 2.24. The molecule has 0 saturated heterocycles. The van der Waals surface area contributed by atoms with Gasteiger partial charge >= 0.3 is 6.03 Å². The van der Waals surface area contributed by atoms with Crippen LogP contribution in [0.25, 0.3) is 0 Å². The molecule has 0 atom stereocenters. The number of rotatable bonds is 3. The lowest BCUT2D eigenvalue weighted by molar-refractivity contribution is 0.251. The first kappa shape index (κ1) is 11.7. The summed E-state index contributed by atoms with van der Waals surface area (Å²) in [4.78, 5) is 18.3. The average Bonchev–Trinajstić information content (AvgIpc) is 2.90. The lowest BCUT2D eigenvalue weighted by Crippen LogP contribution is -2.28. The van der Waals surface area contributed by atoms with Gasteiger partial charge in [-0.15, -0.1) is 0 Å². The van der Waals surface area contributed by atoms with Crippen molar-refractivity contribution >= 4 is 11.7 Å². The number of hydrogen-bond donors (Lipinski definition) is 3. The molecule has 90 valence electrons. The van der Waals surface area contributed by atoms with Crippen molar-refractivity contribution in [3.8, 4) is 6.07 Å². The van der Waals surface area contributed by atoms with Gasteiger partial charge < -0.3 is 15.6 Å². The largest absolute Gasteiger partial charge is 0.347 e. The van der Waals surface area contributed by atoms with Gasteiger partial charge in [-0.25, -0.2) is 9.78 Å². The van der Waals surface area contributed by atoms with E-state index in [9.17, 15) is 4.79 Å². The molecule has 18 heavy (non-hydrogen) atoms. The first-order chi connectivity index (χ1) is 8.78. The quantitative estimate of drug-likeness (QED) is 0.761. The number of imidazole rings is 1. The molecule has 0 spiro atoms. The van der Waals surface area contributed by atoms with Crippen LogP contribution in [0.1, 0.15) is 11.3 Å². The number of nitrogens with one attached hydrogen (secondary N) is 3. The highest BCUT2D eigenvalue weighted by Gasteiger charge is 2.02. The summed E-state index contributed by atoms with van der Waals surface area (Å²) < 4.78 is 0. The SMILES string of the molecule is N#Cc1cccc(NC(=O)NCc2cnc[nH]2)c1. The van der Waals surface area contributed by atoms with Crippen molar-refractivity contribution in [3.05, 3.63) is 48.0 Å². The van der Waals surface area contributed by atoms with E-state index in [1.807, 2.05) is 6.07 Å². The summed E-state index contributed by atoms with van der Waals surface area (Å²) in [7, 11) is 0. The van der Waals surface area contributed by atoms with E-state index in [1.165, 1.54) is 0 Å². The standard InChI is InChI=1S/C12H11N5O/c13-5-9-2-1-3-10(4-9)17-12(18)15-7-11-6-14-8-16-11/h1-4,6,8H,7H2,(H,14,16)(H2,15,17,18). The number of carbonyl (C=O) groups excluding carboxylic acids is 1. The summed E-state index contributed by atoms with van der Waals surface area (Å²) in [5, 5.41) is 14.0. The minimum atomic E-state index is -0.334. The van der Waals surface area contributed by atoms with Gasteiger partial charge in [0.05, 0.1) is 30.2 Å². The predicted octanol–water partition coefficient (Wildman–Crippen LogP) is 1.60. The first-order valence-corrected chi connectivity index (χ1v) is 5.30. The second-order valence-electron chi connectivity index (χ2n) is 3.58. The van der Waals surface area contributed by atoms with Crippen molar-refractivity contribution in [2.45, 2.75) is 6.54 Å². The molecule has 0 bridgehead atoms. The second-order valence-corrected chi connectivity index (χ2v) is 3.58. The van der Waals surface area contributed by atoms with E-state index in [1.54, 1.807) is 36.8 Å². The maximum atomic E-state index is 11.6. The van der Waals surface area contributed by atoms with Crippen molar-refractivity contribution in [2.75, 3.05) is 5.32 Å². The molecule has 0 radical (unpaired) electrons. The molecule has 0 saturated carbocycles. The zero-order chi connectivity index (χ0) is 12.8. The highest BCUT2D eigenvalue weighted by Crippen LogP contribution is 2.09. The summed E-state index contributed by atoms with van der Waals surface area (Å²) >= 11 is 0. The van der Waals surface area contributed by atoms with Crippen LogP contribution in [0.15, 0.2) is 36.8 Å². The zero-order valence-electron chi connectivity index (χ0n) is 9.47. The Morgan fingerprint density at radius 3 is 3.11 bits per heavy atom. The summed E-state index contributed by atoms with van der Waals surface area (Å²) in [6, 6.07) is 8.39. The molecular formula is C12H11N5O. The first-order valence-electron chi connectivity index (χ1n) is 5.30. The average molecular weight is 241 g/mol. The van der Waals surface area contributed by atoms with Crippen molar-refractivity contribution in [1.82, 2.24) is 15.3 Å². The van der Waals surface area contributed by atoms with Gasteiger partial charge in [0.15, 0.2) is 0 Å². The van der Waals surface area contributed by atoms with Gasteiger partial charge in [0.1, 0.15) is 0 Å². The van der Waals surface area contributed by atoms with E-state index >= 15 is 0 Å². The molecule has 3 N–H and O–H groups in total. The van der Waals surface area contributed by atoms with Crippen LogP contribution < -0.4 is 10.6 Å². The predicted molar refractivity (Wildman–Crippen MR) is 65.6 cm³/mol. The normalized spacial score (nSPS) is 9.50. The van der Waals surface area contributed by atoms with Gasteiger partial charge in [-0.1, -0.05) is 6.07 Å². The maximum absolute atomic E-state index is 11.6. The number of carbonyl (C=O) groups is 1. The number of nitriles is 1. The van der Waals surface area contributed by atoms with Crippen LogP contribution in [0.3, 0.4) is 0 Å². The number of nitrogens with zero attached hydrogens (tertiary/aromatic N) is 2. The van der Waals surface area contributed by atoms with Gasteiger partial charge in [-0.05, 0) is 18.2 Å². The topological polar surface area (TPSA) is 93.6 Å². The fourth-order valence-electron chi connectivity index (χ4n) is 1.40. The summed E-state index contributed by atoms with van der Waals surface area (Å²) in [6.45, 7) is 0.365. The van der Waals surface area contributed by atoms with Crippen LogP contribution in [0, 0.1) is 11.3 Å². The monoisotopic (exact) mass is 241 g/mol. The van der Waals surface area contributed by atoms with Gasteiger partial charge in [0, 0.05) is 11.9 Å². The lowest BCUT2D eigenvalue weighted by atomic mass is 10.2. The molecule has 6 heteroatoms.